The number of carbonyl (C=O) groups excluding carboxylic acids is 1. The van der Waals surface area contributed by atoms with Crippen molar-refractivity contribution in [1.29, 1.82) is 0 Å². The molecule has 4 atom stereocenters. The molecule has 172 valence electrons. The van der Waals surface area contributed by atoms with Gasteiger partial charge in [0, 0.05) is 25.5 Å². The van der Waals surface area contributed by atoms with E-state index in [4.69, 9.17) is 14.2 Å². The van der Waals surface area contributed by atoms with Crippen molar-refractivity contribution in [3.63, 3.8) is 0 Å². The van der Waals surface area contributed by atoms with Gasteiger partial charge in [-0.25, -0.2) is 4.79 Å². The molecule has 0 unspecified atom stereocenters. The Morgan fingerprint density at radius 1 is 0.969 bits per heavy atom. The molecule has 1 saturated carbocycles. The molecule has 32 heavy (non-hydrogen) atoms. The fourth-order valence-corrected chi connectivity index (χ4v) is 3.50. The van der Waals surface area contributed by atoms with Gasteiger partial charge in [0.1, 0.15) is 23.7 Å². The van der Waals surface area contributed by atoms with Gasteiger partial charge in [-0.05, 0) is 48.7 Å². The van der Waals surface area contributed by atoms with Crippen molar-refractivity contribution in [1.82, 2.24) is 0 Å². The van der Waals surface area contributed by atoms with Gasteiger partial charge in [-0.1, -0.05) is 30.3 Å². The highest BCUT2D eigenvalue weighted by molar-refractivity contribution is 5.87. The number of aromatic hydroxyl groups is 1. The Hall–Kier alpha value is -2.87. The van der Waals surface area contributed by atoms with Crippen LogP contribution in [0.1, 0.15) is 31.2 Å². The van der Waals surface area contributed by atoms with Crippen LogP contribution in [0.25, 0.3) is 6.08 Å². The molecule has 0 saturated heterocycles. The number of phenolic OH excluding ortho intramolecular Hbond substituents is 1. The summed E-state index contributed by atoms with van der Waals surface area (Å²) in [6.45, 7) is 1.08. The van der Waals surface area contributed by atoms with Crippen molar-refractivity contribution in [2.45, 2.75) is 50.1 Å². The lowest BCUT2D eigenvalue weighted by atomic mass is 9.89. The lowest BCUT2D eigenvalue weighted by Crippen LogP contribution is -2.48. The van der Waals surface area contributed by atoms with Gasteiger partial charge in [-0.15, -0.1) is 0 Å². The van der Waals surface area contributed by atoms with E-state index in [-0.39, 0.29) is 11.9 Å². The highest BCUT2D eigenvalue weighted by atomic mass is 16.6. The van der Waals surface area contributed by atoms with Crippen molar-refractivity contribution < 1.29 is 34.3 Å². The number of benzene rings is 2. The minimum atomic E-state index is -1.15. The molecule has 1 fully saturated rings. The van der Waals surface area contributed by atoms with Gasteiger partial charge in [0.15, 0.2) is 0 Å². The number of ether oxygens (including phenoxy) is 3. The van der Waals surface area contributed by atoms with Crippen molar-refractivity contribution >= 4 is 12.0 Å². The highest BCUT2D eigenvalue weighted by Gasteiger charge is 2.38. The summed E-state index contributed by atoms with van der Waals surface area (Å²) in [5.74, 6) is 0.355. The lowest BCUT2D eigenvalue weighted by molar-refractivity contribution is -0.170. The third kappa shape index (κ3) is 7.67. The summed E-state index contributed by atoms with van der Waals surface area (Å²) in [4.78, 5) is 12.2. The highest BCUT2D eigenvalue weighted by Crippen LogP contribution is 2.25. The van der Waals surface area contributed by atoms with Gasteiger partial charge in [-0.2, -0.15) is 0 Å². The summed E-state index contributed by atoms with van der Waals surface area (Å²) >= 11 is 0. The first kappa shape index (κ1) is 23.8. The summed E-state index contributed by atoms with van der Waals surface area (Å²) in [6, 6.07) is 16.0. The zero-order valence-electron chi connectivity index (χ0n) is 17.9. The summed E-state index contributed by atoms with van der Waals surface area (Å²) in [5, 5.41) is 29.7. The van der Waals surface area contributed by atoms with Crippen molar-refractivity contribution in [3.05, 3.63) is 66.2 Å². The number of rotatable bonds is 10. The summed E-state index contributed by atoms with van der Waals surface area (Å²) in [5.41, 5.74) is 0.724. The topological polar surface area (TPSA) is 105 Å². The third-order valence-corrected chi connectivity index (χ3v) is 5.25. The normalized spacial score (nSPS) is 23.2. The van der Waals surface area contributed by atoms with Crippen LogP contribution < -0.4 is 4.74 Å². The monoisotopic (exact) mass is 442 g/mol. The molecule has 7 heteroatoms. The predicted molar refractivity (Wildman–Crippen MR) is 119 cm³/mol. The van der Waals surface area contributed by atoms with Gasteiger partial charge in [0.05, 0.1) is 18.8 Å². The number of hydrogen-bond acceptors (Lipinski definition) is 7. The second-order valence-corrected chi connectivity index (χ2v) is 7.79. The zero-order valence-corrected chi connectivity index (χ0v) is 17.9. The molecular weight excluding hydrogens is 412 g/mol. The number of aliphatic hydroxyl groups is 2. The van der Waals surface area contributed by atoms with E-state index in [1.165, 1.54) is 18.2 Å². The van der Waals surface area contributed by atoms with Crippen molar-refractivity contribution in [2.24, 2.45) is 0 Å². The van der Waals surface area contributed by atoms with E-state index in [1.807, 2.05) is 30.3 Å². The third-order valence-electron chi connectivity index (χ3n) is 5.25. The van der Waals surface area contributed by atoms with E-state index in [0.29, 0.717) is 26.1 Å². The predicted octanol–water partition coefficient (Wildman–Crippen LogP) is 3.08. The first-order chi connectivity index (χ1) is 15.5. The maximum absolute atomic E-state index is 12.2. The number of unbranched alkanes of at least 4 members (excludes halogenated alkanes) is 1. The molecule has 3 rings (SSSR count). The minimum Gasteiger partial charge on any atom is -0.508 e. The SMILES string of the molecule is O=C(/C=C/c1ccc(O)cc1)O[C@@H]1C[C@@H](OCCCCOc2ccccc2)C[C@H](O)[C@H]1O. The molecule has 0 heterocycles. The molecule has 0 bridgehead atoms. The molecule has 0 aromatic heterocycles. The summed E-state index contributed by atoms with van der Waals surface area (Å²) < 4.78 is 16.9. The molecule has 1 aliphatic carbocycles. The smallest absolute Gasteiger partial charge is 0.331 e. The fraction of sp³-hybridized carbons (Fsp3) is 0.400. The molecule has 0 spiro atoms. The average Bonchev–Trinajstić information content (AvgIpc) is 2.79. The number of carbonyl (C=O) groups is 1. The molecule has 0 aliphatic heterocycles. The van der Waals surface area contributed by atoms with Crippen LogP contribution in [-0.4, -0.2) is 58.9 Å². The molecule has 2 aromatic carbocycles. The maximum Gasteiger partial charge on any atom is 0.331 e. The summed E-state index contributed by atoms with van der Waals surface area (Å²) in [7, 11) is 0. The Morgan fingerprint density at radius 2 is 1.69 bits per heavy atom. The average molecular weight is 443 g/mol. The van der Waals surface area contributed by atoms with E-state index in [0.717, 1.165) is 24.2 Å². The molecule has 3 N–H and O–H groups in total. The van der Waals surface area contributed by atoms with Crippen LogP contribution >= 0.6 is 0 Å². The van der Waals surface area contributed by atoms with E-state index in [9.17, 15) is 20.1 Å². The molecular formula is C25H30O7. The first-order valence-electron chi connectivity index (χ1n) is 10.8. The standard InChI is InChI=1S/C25H30O7/c26-19-11-8-18(9-12-19)10-13-24(28)32-23-17-21(16-22(27)25(23)29)31-15-5-4-14-30-20-6-2-1-3-7-20/h1-3,6-13,21-23,25-27,29H,4-5,14-17H2/b13-10+/t21-,22-,23+,25+/m0/s1. The van der Waals surface area contributed by atoms with Gasteiger partial charge in [0.25, 0.3) is 0 Å². The Bertz CT molecular complexity index is 850. The number of aliphatic hydroxyl groups excluding tert-OH is 2. The van der Waals surface area contributed by atoms with Gasteiger partial charge >= 0.3 is 5.97 Å². The summed E-state index contributed by atoms with van der Waals surface area (Å²) in [6.07, 6.45) is 1.71. The first-order valence-corrected chi connectivity index (χ1v) is 10.8. The molecule has 7 nitrogen and oxygen atoms in total. The Kier molecular flexibility index (Phi) is 9.10. The van der Waals surface area contributed by atoms with Crippen LogP contribution in [0.3, 0.4) is 0 Å². The van der Waals surface area contributed by atoms with Crippen LogP contribution in [0.4, 0.5) is 0 Å². The number of phenols is 1. The van der Waals surface area contributed by atoms with Gasteiger partial charge in [-0.3, -0.25) is 0 Å². The molecule has 1 aliphatic rings. The van der Waals surface area contributed by atoms with Crippen LogP contribution in [-0.2, 0) is 14.3 Å². The quantitative estimate of drug-likeness (QED) is 0.295. The fourth-order valence-electron chi connectivity index (χ4n) is 3.50. The van der Waals surface area contributed by atoms with Crippen molar-refractivity contribution in [2.75, 3.05) is 13.2 Å². The number of esters is 1. The second kappa shape index (κ2) is 12.2. The van der Waals surface area contributed by atoms with Crippen LogP contribution in [0.2, 0.25) is 0 Å². The van der Waals surface area contributed by atoms with Crippen LogP contribution in [0.15, 0.2) is 60.7 Å². The second-order valence-electron chi connectivity index (χ2n) is 7.79. The van der Waals surface area contributed by atoms with Gasteiger partial charge < -0.3 is 29.5 Å². The van der Waals surface area contributed by atoms with E-state index in [1.54, 1.807) is 18.2 Å². The van der Waals surface area contributed by atoms with Gasteiger partial charge in [0.2, 0.25) is 0 Å². The Labute approximate surface area is 187 Å². The van der Waals surface area contributed by atoms with Crippen molar-refractivity contribution in [3.8, 4) is 11.5 Å². The number of para-hydroxylation sites is 1. The maximum atomic E-state index is 12.2. The zero-order chi connectivity index (χ0) is 22.8. The Morgan fingerprint density at radius 3 is 2.44 bits per heavy atom. The lowest BCUT2D eigenvalue weighted by Gasteiger charge is -2.36. The minimum absolute atomic E-state index is 0.138. The van der Waals surface area contributed by atoms with E-state index in [2.05, 4.69) is 0 Å². The number of hydrogen-bond donors (Lipinski definition) is 3. The molecule has 2 aromatic rings. The Balaban J connectivity index is 1.38. The van der Waals surface area contributed by atoms with E-state index >= 15 is 0 Å². The van der Waals surface area contributed by atoms with Crippen LogP contribution in [0, 0.1) is 0 Å². The molecule has 0 radical (unpaired) electrons. The largest absolute Gasteiger partial charge is 0.508 e. The van der Waals surface area contributed by atoms with E-state index < -0.39 is 24.3 Å². The molecule has 0 amide bonds. The van der Waals surface area contributed by atoms with Crippen LogP contribution in [0.5, 0.6) is 11.5 Å².